The van der Waals surface area contributed by atoms with Crippen molar-refractivity contribution in [2.45, 2.75) is 35.1 Å². The molecule has 1 N–H and O–H groups in total. The summed E-state index contributed by atoms with van der Waals surface area (Å²) >= 11 is 14.2. The van der Waals surface area contributed by atoms with Crippen LogP contribution in [-0.4, -0.2) is 56.2 Å². The van der Waals surface area contributed by atoms with Gasteiger partial charge < -0.3 is 9.52 Å². The third-order valence-electron chi connectivity index (χ3n) is 9.56. The number of nitrogens with zero attached hydrogens (tertiary/aromatic N) is 2. The van der Waals surface area contributed by atoms with Crippen molar-refractivity contribution in [3.8, 4) is 0 Å². The van der Waals surface area contributed by atoms with E-state index in [4.69, 9.17) is 27.6 Å². The van der Waals surface area contributed by atoms with Crippen LogP contribution in [0.4, 0.5) is 5.69 Å². The molecule has 2 aliphatic heterocycles. The van der Waals surface area contributed by atoms with Crippen LogP contribution in [0.2, 0.25) is 0 Å². The molecule has 44 heavy (non-hydrogen) atoms. The van der Waals surface area contributed by atoms with Gasteiger partial charge in [0, 0.05) is 18.2 Å². The first-order valence-corrected chi connectivity index (χ1v) is 15.0. The zero-order valence-electron chi connectivity index (χ0n) is 23.4. The van der Waals surface area contributed by atoms with Gasteiger partial charge in [-0.05, 0) is 55.2 Å². The maximum atomic E-state index is 14.1. The molecule has 4 aliphatic rings. The lowest BCUT2D eigenvalue weighted by Gasteiger charge is -2.49. The number of likely N-dealkylation sites (tertiary alicyclic amines) is 1. The van der Waals surface area contributed by atoms with Crippen molar-refractivity contribution in [2.24, 2.45) is 17.8 Å². The number of aliphatic hydroxyl groups excluding tert-OH is 1. The number of imide groups is 2. The first-order chi connectivity index (χ1) is 21.0. The normalized spacial score (nSPS) is 31.1. The van der Waals surface area contributed by atoms with Crippen LogP contribution in [0.15, 0.2) is 82.8 Å². The van der Waals surface area contributed by atoms with Crippen molar-refractivity contribution >= 4 is 58.3 Å². The summed E-state index contributed by atoms with van der Waals surface area (Å²) in [6.45, 7) is -0.397. The smallest absolute Gasteiger partial charge is 0.253 e. The Labute approximate surface area is 262 Å². The number of carbonyl (C=O) groups excluding carboxylic acids is 5. The summed E-state index contributed by atoms with van der Waals surface area (Å²) in [6.07, 6.45) is 1.87. The number of furan rings is 1. The van der Waals surface area contributed by atoms with Gasteiger partial charge in [0.15, 0.2) is 15.5 Å². The molecule has 6 atom stereocenters. The van der Waals surface area contributed by atoms with Crippen molar-refractivity contribution in [1.82, 2.24) is 4.90 Å². The van der Waals surface area contributed by atoms with E-state index in [2.05, 4.69) is 0 Å². The Kier molecular flexibility index (Phi) is 6.51. The maximum absolute atomic E-state index is 14.1. The molecule has 0 spiro atoms. The molecule has 2 aromatic carbocycles. The number of ketones is 1. The molecule has 224 valence electrons. The number of amides is 4. The molecule has 11 heteroatoms. The summed E-state index contributed by atoms with van der Waals surface area (Å²) in [5, 5.41) is 9.65. The van der Waals surface area contributed by atoms with Gasteiger partial charge >= 0.3 is 0 Å². The van der Waals surface area contributed by atoms with Crippen LogP contribution < -0.4 is 4.90 Å². The van der Waals surface area contributed by atoms with E-state index in [1.807, 2.05) is 12.1 Å². The van der Waals surface area contributed by atoms with Gasteiger partial charge in [0.05, 0.1) is 23.4 Å². The number of rotatable bonds is 5. The zero-order chi connectivity index (χ0) is 31.1. The minimum absolute atomic E-state index is 0.137. The Hall–Kier alpha value is -4.05. The number of benzene rings is 2. The number of allylic oxidation sites excluding steroid dienone is 2. The van der Waals surface area contributed by atoms with Gasteiger partial charge in [0.2, 0.25) is 11.8 Å². The maximum Gasteiger partial charge on any atom is 0.253 e. The molecule has 7 rings (SSSR count). The number of hydrogen-bond acceptors (Lipinski definition) is 7. The van der Waals surface area contributed by atoms with E-state index in [1.54, 1.807) is 60.7 Å². The average Bonchev–Trinajstić information content (AvgIpc) is 3.65. The first-order valence-electron chi connectivity index (χ1n) is 14.2. The monoisotopic (exact) mass is 632 g/mol. The highest BCUT2D eigenvalue weighted by Gasteiger charge is 2.76. The molecule has 0 bridgehead atoms. The summed E-state index contributed by atoms with van der Waals surface area (Å²) in [6, 6.07) is 18.2. The number of anilines is 1. The molecule has 2 saturated heterocycles. The second kappa shape index (κ2) is 9.99. The molecule has 1 saturated carbocycles. The zero-order valence-corrected chi connectivity index (χ0v) is 24.9. The van der Waals surface area contributed by atoms with E-state index in [1.165, 1.54) is 7.05 Å². The van der Waals surface area contributed by atoms with Crippen LogP contribution in [0, 0.1) is 17.8 Å². The largest absolute Gasteiger partial charge is 0.463 e. The Bertz CT molecular complexity index is 1780. The Morgan fingerprint density at radius 1 is 0.909 bits per heavy atom. The van der Waals surface area contributed by atoms with E-state index in [9.17, 15) is 29.1 Å². The molecular weight excluding hydrogens is 607 g/mol. The fraction of sp³-hybridized carbons (Fsp3) is 0.303. The van der Waals surface area contributed by atoms with Crippen molar-refractivity contribution in [2.75, 3.05) is 11.9 Å². The summed E-state index contributed by atoms with van der Waals surface area (Å²) < 4.78 is 5.86. The molecule has 9 nitrogen and oxygen atoms in total. The van der Waals surface area contributed by atoms with Gasteiger partial charge in [0.25, 0.3) is 11.8 Å². The number of hydrogen-bond donors (Lipinski definition) is 1. The van der Waals surface area contributed by atoms with Crippen LogP contribution in [0.5, 0.6) is 0 Å². The van der Waals surface area contributed by atoms with Gasteiger partial charge in [0.1, 0.15) is 18.1 Å². The summed E-state index contributed by atoms with van der Waals surface area (Å²) in [5.74, 6) is -5.27. The van der Waals surface area contributed by atoms with Gasteiger partial charge in [-0.3, -0.25) is 33.8 Å². The molecule has 3 heterocycles. The van der Waals surface area contributed by atoms with Gasteiger partial charge in [-0.25, -0.2) is 0 Å². The van der Waals surface area contributed by atoms with E-state index < -0.39 is 63.7 Å². The van der Waals surface area contributed by atoms with E-state index in [0.29, 0.717) is 22.4 Å². The van der Waals surface area contributed by atoms with Crippen molar-refractivity contribution in [3.05, 3.63) is 101 Å². The van der Waals surface area contributed by atoms with Crippen LogP contribution in [0.3, 0.4) is 0 Å². The third-order valence-corrected chi connectivity index (χ3v) is 11.0. The minimum Gasteiger partial charge on any atom is -0.463 e. The van der Waals surface area contributed by atoms with Crippen LogP contribution in [-0.2, 0) is 25.8 Å². The molecule has 2 aliphatic carbocycles. The molecule has 0 unspecified atom stereocenters. The second-order valence-electron chi connectivity index (χ2n) is 11.7. The van der Waals surface area contributed by atoms with Gasteiger partial charge in [-0.15, -0.1) is 23.2 Å². The molecule has 0 radical (unpaired) electrons. The average molecular weight is 633 g/mol. The third kappa shape index (κ3) is 3.72. The lowest BCUT2D eigenvalue weighted by atomic mass is 9.57. The number of alkyl halides is 2. The lowest BCUT2D eigenvalue weighted by Crippen LogP contribution is -2.60. The SMILES string of the molecule is CN1C(=O)[C@]2(Cl)C[C@@H]3C(=CC[C@@H]4C(=O)N(c5ccc(C(=O)c6ccccc6)cc5)C(=O)[C@@H]43)[C@H](c3ccc(CO)o3)[C@]2(Cl)C1=O. The van der Waals surface area contributed by atoms with E-state index in [-0.39, 0.29) is 30.1 Å². The van der Waals surface area contributed by atoms with Crippen LogP contribution >= 0.6 is 23.2 Å². The summed E-state index contributed by atoms with van der Waals surface area (Å²) in [7, 11) is 1.31. The fourth-order valence-electron chi connectivity index (χ4n) is 7.46. The second-order valence-corrected chi connectivity index (χ2v) is 13.0. The molecule has 3 fully saturated rings. The number of halogens is 2. The van der Waals surface area contributed by atoms with E-state index >= 15 is 0 Å². The lowest BCUT2D eigenvalue weighted by molar-refractivity contribution is -0.138. The summed E-state index contributed by atoms with van der Waals surface area (Å²) in [5.41, 5.74) is 1.85. The van der Waals surface area contributed by atoms with E-state index in [0.717, 1.165) is 9.80 Å². The van der Waals surface area contributed by atoms with Gasteiger partial charge in [-0.1, -0.05) is 42.0 Å². The first kappa shape index (κ1) is 28.7. The topological polar surface area (TPSA) is 125 Å². The summed E-state index contributed by atoms with van der Waals surface area (Å²) in [4.78, 5) is 66.1. The molecule has 4 amide bonds. The predicted molar refractivity (Wildman–Crippen MR) is 159 cm³/mol. The standard InChI is InChI=1S/C33H26Cl2N2O7/c1-36-30(42)32(34)15-23-21(26(33(32,35)31(36)43)24-14-11-20(16-38)44-24)12-13-22-25(23)29(41)37(28(22)40)19-9-7-18(8-10-19)27(39)17-5-3-2-4-6-17/h2-12,14,22-23,25-26,38H,13,15-16H2,1H3/t22-,23+,25-,26+,32+,33-/m0/s1. The van der Waals surface area contributed by atoms with Crippen molar-refractivity contribution in [3.63, 3.8) is 0 Å². The molecule has 1 aromatic heterocycles. The van der Waals surface area contributed by atoms with Crippen LogP contribution in [0.25, 0.3) is 0 Å². The Morgan fingerprint density at radius 3 is 2.25 bits per heavy atom. The highest BCUT2D eigenvalue weighted by atomic mass is 35.5. The number of aliphatic hydroxyl groups is 1. The molecular formula is C33H26Cl2N2O7. The number of fused-ring (bicyclic) bond motifs is 4. The fourth-order valence-corrected chi connectivity index (χ4v) is 8.46. The minimum atomic E-state index is -1.95. The quantitative estimate of drug-likeness (QED) is 0.193. The Morgan fingerprint density at radius 2 is 1.59 bits per heavy atom. The highest BCUT2D eigenvalue weighted by molar-refractivity contribution is 6.53. The number of carbonyl (C=O) groups is 5. The molecule has 3 aromatic rings. The highest BCUT2D eigenvalue weighted by Crippen LogP contribution is 2.65. The van der Waals surface area contributed by atoms with Gasteiger partial charge in [-0.2, -0.15) is 0 Å². The Balaban J connectivity index is 1.26. The van der Waals surface area contributed by atoms with Crippen molar-refractivity contribution in [1.29, 1.82) is 0 Å². The van der Waals surface area contributed by atoms with Crippen molar-refractivity contribution < 1.29 is 33.5 Å². The van der Waals surface area contributed by atoms with Crippen LogP contribution in [0.1, 0.15) is 46.2 Å². The predicted octanol–water partition coefficient (Wildman–Crippen LogP) is 4.20.